The Balaban J connectivity index is 1.14. The summed E-state index contributed by atoms with van der Waals surface area (Å²) in [6.45, 7) is 17.8. The molecule has 6 heteroatoms. The van der Waals surface area contributed by atoms with Crippen molar-refractivity contribution in [1.29, 1.82) is 0 Å². The first-order valence-corrected chi connectivity index (χ1v) is 26.7. The summed E-state index contributed by atoms with van der Waals surface area (Å²) in [5.41, 5.74) is 25.7. The van der Waals surface area contributed by atoms with Crippen molar-refractivity contribution >= 4 is 101 Å². The zero-order valence-electron chi connectivity index (χ0n) is 44.7. The first-order chi connectivity index (χ1) is 36.8. The van der Waals surface area contributed by atoms with E-state index in [1.807, 2.05) is 0 Å². The highest BCUT2D eigenvalue weighted by atomic mass is 16.5. The summed E-state index contributed by atoms with van der Waals surface area (Å²) in [7, 11) is 2.26. The second kappa shape index (κ2) is 16.9. The number of rotatable bonds is 6. The smallest absolute Gasteiger partial charge is 0.259 e. The maximum atomic E-state index is 7.83. The summed E-state index contributed by atoms with van der Waals surface area (Å²) >= 11 is 0. The van der Waals surface area contributed by atoms with Crippen LogP contribution in [0.2, 0.25) is 0 Å². The molecule has 0 amide bonds. The van der Waals surface area contributed by atoms with Gasteiger partial charge in [0.25, 0.3) is 6.71 Å². The number of ether oxygens (including phenoxy) is 1. The molecule has 0 unspecified atom stereocenters. The van der Waals surface area contributed by atoms with Crippen molar-refractivity contribution in [3.05, 3.63) is 228 Å². The summed E-state index contributed by atoms with van der Waals surface area (Å²) in [5.74, 6) is 1.71. The van der Waals surface area contributed by atoms with E-state index in [2.05, 4.69) is 275 Å². The molecule has 4 heterocycles. The lowest BCUT2D eigenvalue weighted by molar-refractivity contribution is 0.488. The maximum Gasteiger partial charge on any atom is 0.259 e. The summed E-state index contributed by atoms with van der Waals surface area (Å²) in [4.78, 5) is 4.94. The fourth-order valence-corrected chi connectivity index (χ4v) is 12.9. The van der Waals surface area contributed by atoms with Crippen molar-refractivity contribution in [2.24, 2.45) is 7.05 Å². The minimum atomic E-state index is -0.198. The van der Waals surface area contributed by atoms with Gasteiger partial charge < -0.3 is 23.7 Å². The van der Waals surface area contributed by atoms with Gasteiger partial charge in [-0.05, 0) is 146 Å². The van der Waals surface area contributed by atoms with Crippen LogP contribution >= 0.6 is 0 Å². The van der Waals surface area contributed by atoms with Crippen LogP contribution in [0.15, 0.2) is 194 Å². The quantitative estimate of drug-likeness (QED) is 0.155. The lowest BCUT2D eigenvalue weighted by Crippen LogP contribution is -2.60. The van der Waals surface area contributed by atoms with Gasteiger partial charge in [0.2, 0.25) is 0 Å². The van der Waals surface area contributed by atoms with E-state index in [-0.39, 0.29) is 12.1 Å². The van der Waals surface area contributed by atoms with Gasteiger partial charge in [0.1, 0.15) is 11.5 Å². The predicted octanol–water partition coefficient (Wildman–Crippen LogP) is 16.8. The van der Waals surface area contributed by atoms with Crippen LogP contribution < -0.4 is 30.9 Å². The zero-order valence-corrected chi connectivity index (χ0v) is 44.7. The van der Waals surface area contributed by atoms with Crippen molar-refractivity contribution in [3.63, 3.8) is 0 Å². The van der Waals surface area contributed by atoms with Crippen LogP contribution in [0.5, 0.6) is 11.5 Å². The molecule has 0 saturated heterocycles. The number of aromatic nitrogens is 2. The molecule has 10 aromatic carbocycles. The first kappa shape index (κ1) is 45.8. The molecule has 12 aromatic rings. The van der Waals surface area contributed by atoms with Crippen LogP contribution in [0, 0.1) is 34.6 Å². The molecule has 0 fully saturated rings. The molecule has 14 rings (SSSR count). The molecule has 2 aliphatic heterocycles. The Kier molecular flexibility index (Phi) is 10.2. The third-order valence-corrected chi connectivity index (χ3v) is 16.3. The second-order valence-corrected chi connectivity index (χ2v) is 22.7. The highest BCUT2D eigenvalue weighted by molar-refractivity contribution is 7.00. The fourth-order valence-electron chi connectivity index (χ4n) is 12.9. The number of hydrogen-bond acceptors (Lipinski definition) is 3. The summed E-state index contributed by atoms with van der Waals surface area (Å²) < 4.78 is 12.8. The van der Waals surface area contributed by atoms with Gasteiger partial charge in [-0.25, -0.2) is 0 Å². The number of fused-ring (bicyclic) bond motifs is 11. The molecule has 368 valence electrons. The van der Waals surface area contributed by atoms with Crippen molar-refractivity contribution < 1.29 is 4.74 Å². The van der Waals surface area contributed by atoms with E-state index in [0.29, 0.717) is 0 Å². The van der Waals surface area contributed by atoms with Crippen LogP contribution in [0.3, 0.4) is 0 Å². The largest absolute Gasteiger partial charge is 0.458 e. The van der Waals surface area contributed by atoms with Gasteiger partial charge in [-0.1, -0.05) is 152 Å². The van der Waals surface area contributed by atoms with Gasteiger partial charge in [-0.3, -0.25) is 0 Å². The van der Waals surface area contributed by atoms with Gasteiger partial charge in [0.05, 0.1) is 28.1 Å². The van der Waals surface area contributed by atoms with Gasteiger partial charge in [-0.15, -0.1) is 0 Å². The SMILES string of the molecule is Cc1cc(C)cc(-c2cc(C)ccc2N2c3ccc(C(C)(C)C)cc3B3c4c(cc(N(c5ccccc5)c5ccccc5)cc42)Oc2cc(-n4c5ccc(C)cc5c5cc(C)ccc54)c4c5ccccc5n(C)c4c23)c1. The molecule has 0 spiro atoms. The number of nitrogens with zero attached hydrogens (tertiary/aromatic N) is 4. The van der Waals surface area contributed by atoms with Crippen LogP contribution in [0.1, 0.15) is 54.2 Å². The topological polar surface area (TPSA) is 25.6 Å². The van der Waals surface area contributed by atoms with Crippen molar-refractivity contribution in [2.75, 3.05) is 9.80 Å². The number of hydrogen-bond donors (Lipinski definition) is 0. The van der Waals surface area contributed by atoms with Gasteiger partial charge in [-0.2, -0.15) is 0 Å². The van der Waals surface area contributed by atoms with E-state index in [1.54, 1.807) is 0 Å². The Morgan fingerprint density at radius 2 is 1.04 bits per heavy atom. The minimum absolute atomic E-state index is 0.118. The molecule has 0 N–H and O–H groups in total. The molecule has 5 nitrogen and oxygen atoms in total. The molecule has 0 bridgehead atoms. The fraction of sp³-hybridized carbons (Fsp3) is 0.143. The molecular formula is C70H59BN4O. The Hall–Kier alpha value is -8.74. The van der Waals surface area contributed by atoms with Crippen molar-refractivity contribution in [1.82, 2.24) is 9.13 Å². The highest BCUT2D eigenvalue weighted by Crippen LogP contribution is 2.50. The zero-order chi connectivity index (χ0) is 51.9. The monoisotopic (exact) mass is 982 g/mol. The molecule has 2 aliphatic rings. The third kappa shape index (κ3) is 7.00. The minimum Gasteiger partial charge on any atom is -0.458 e. The van der Waals surface area contributed by atoms with Crippen molar-refractivity contribution in [2.45, 2.75) is 60.8 Å². The normalized spacial score (nSPS) is 12.9. The van der Waals surface area contributed by atoms with E-state index in [4.69, 9.17) is 4.74 Å². The summed E-state index contributed by atoms with van der Waals surface area (Å²) in [6, 6.07) is 72.6. The first-order valence-electron chi connectivity index (χ1n) is 26.7. The summed E-state index contributed by atoms with van der Waals surface area (Å²) in [6.07, 6.45) is 0. The Labute approximate surface area is 445 Å². The van der Waals surface area contributed by atoms with Gasteiger partial charge in [0, 0.05) is 80.1 Å². The molecule has 0 radical (unpaired) electrons. The van der Waals surface area contributed by atoms with Gasteiger partial charge in [0.15, 0.2) is 0 Å². The molecular weight excluding hydrogens is 924 g/mol. The number of aryl methyl sites for hydroxylation is 6. The summed E-state index contributed by atoms with van der Waals surface area (Å²) in [5, 5.41) is 4.93. The van der Waals surface area contributed by atoms with E-state index < -0.39 is 0 Å². The molecule has 76 heavy (non-hydrogen) atoms. The lowest BCUT2D eigenvalue weighted by Gasteiger charge is -2.42. The van der Waals surface area contributed by atoms with E-state index in [9.17, 15) is 0 Å². The standard InChI is InChI=1S/C70H59BN4O/c1-42-24-28-58(53(35-42)47-33-45(4)32-46(5)34-47)75-61-31-27-48(70(6,7)8)38-56(61)71-67-63(75)39-51(73(49-18-12-10-13-19-49)50-20-14-11-15-21-50)40-64(67)76-65-41-62(66-52-22-16-17-23-57(52)72(9)69(66)68(65)71)74-59-29-25-43(2)36-54(59)55-37-44(3)26-30-60(55)74/h10-41H,1-9H3. The van der Waals surface area contributed by atoms with Crippen LogP contribution in [-0.2, 0) is 12.5 Å². The van der Waals surface area contributed by atoms with Crippen LogP contribution in [-0.4, -0.2) is 15.8 Å². The predicted molar refractivity (Wildman–Crippen MR) is 323 cm³/mol. The number of benzene rings is 10. The lowest BCUT2D eigenvalue weighted by atomic mass is 9.33. The average Bonchev–Trinajstić information content (AvgIpc) is 3.98. The van der Waals surface area contributed by atoms with E-state index in [1.165, 1.54) is 99.0 Å². The molecule has 0 atom stereocenters. The highest BCUT2D eigenvalue weighted by Gasteiger charge is 2.46. The Bertz CT molecular complexity index is 4270. The number of anilines is 6. The third-order valence-electron chi connectivity index (χ3n) is 16.3. The molecule has 2 aromatic heterocycles. The van der Waals surface area contributed by atoms with E-state index >= 15 is 0 Å². The molecule has 0 aliphatic carbocycles. The van der Waals surface area contributed by atoms with Crippen LogP contribution in [0.4, 0.5) is 34.1 Å². The average molecular weight is 983 g/mol. The Morgan fingerprint density at radius 1 is 0.447 bits per heavy atom. The molecule has 0 saturated carbocycles. The van der Waals surface area contributed by atoms with Crippen molar-refractivity contribution in [3.8, 4) is 28.3 Å². The second-order valence-electron chi connectivity index (χ2n) is 22.7. The van der Waals surface area contributed by atoms with Crippen LogP contribution in [0.25, 0.3) is 60.4 Å². The van der Waals surface area contributed by atoms with E-state index in [0.717, 1.165) is 56.8 Å². The maximum absolute atomic E-state index is 7.83. The Morgan fingerprint density at radius 3 is 1.70 bits per heavy atom. The van der Waals surface area contributed by atoms with Gasteiger partial charge >= 0.3 is 0 Å². The number of para-hydroxylation sites is 3.